The van der Waals surface area contributed by atoms with E-state index in [1.807, 2.05) is 24.3 Å². The first-order valence-corrected chi connectivity index (χ1v) is 10.2. The van der Waals surface area contributed by atoms with Gasteiger partial charge in [-0.3, -0.25) is 19.3 Å². The summed E-state index contributed by atoms with van der Waals surface area (Å²) in [5.74, 6) is -0.589. The first-order valence-electron chi connectivity index (χ1n) is 9.85. The van der Waals surface area contributed by atoms with E-state index in [4.69, 9.17) is 11.6 Å². The van der Waals surface area contributed by atoms with Crippen molar-refractivity contribution in [3.05, 3.63) is 41.4 Å². The van der Waals surface area contributed by atoms with Gasteiger partial charge in [-0.1, -0.05) is 29.8 Å². The van der Waals surface area contributed by atoms with Gasteiger partial charge in [0, 0.05) is 36.9 Å². The maximum Gasteiger partial charge on any atom is 0.242 e. The summed E-state index contributed by atoms with van der Waals surface area (Å²) in [6.45, 7) is 2.42. The topological polar surface area (TPSA) is 60.9 Å². The van der Waals surface area contributed by atoms with E-state index in [0.29, 0.717) is 31.2 Å². The van der Waals surface area contributed by atoms with E-state index < -0.39 is 0 Å². The van der Waals surface area contributed by atoms with Gasteiger partial charge >= 0.3 is 0 Å². The summed E-state index contributed by atoms with van der Waals surface area (Å²) in [6, 6.07) is 7.68. The number of halogens is 1. The Balaban J connectivity index is 1.20. The van der Waals surface area contributed by atoms with Crippen molar-refractivity contribution in [3.8, 4) is 0 Å². The third-order valence-electron chi connectivity index (χ3n) is 6.66. The van der Waals surface area contributed by atoms with Crippen LogP contribution in [0.5, 0.6) is 0 Å². The van der Waals surface area contributed by atoms with Gasteiger partial charge in [0.05, 0.1) is 11.8 Å². The molecular formula is C21H22ClN3O3. The summed E-state index contributed by atoms with van der Waals surface area (Å²) in [4.78, 5) is 43.4. The summed E-state index contributed by atoms with van der Waals surface area (Å²) >= 11 is 6.07. The fourth-order valence-electron chi connectivity index (χ4n) is 5.24. The quantitative estimate of drug-likeness (QED) is 0.574. The number of allylic oxidation sites excluding steroid dienone is 2. The van der Waals surface area contributed by atoms with Crippen LogP contribution in [0.25, 0.3) is 0 Å². The molecule has 146 valence electrons. The van der Waals surface area contributed by atoms with Crippen molar-refractivity contribution in [2.75, 3.05) is 37.6 Å². The van der Waals surface area contributed by atoms with Gasteiger partial charge in [0.15, 0.2) is 0 Å². The summed E-state index contributed by atoms with van der Waals surface area (Å²) < 4.78 is 0. The predicted molar refractivity (Wildman–Crippen MR) is 105 cm³/mol. The van der Waals surface area contributed by atoms with Crippen LogP contribution in [0.1, 0.15) is 6.42 Å². The van der Waals surface area contributed by atoms with E-state index in [2.05, 4.69) is 17.1 Å². The Morgan fingerprint density at radius 2 is 1.64 bits per heavy atom. The van der Waals surface area contributed by atoms with Crippen LogP contribution in [-0.2, 0) is 14.4 Å². The van der Waals surface area contributed by atoms with Crippen molar-refractivity contribution in [2.24, 2.45) is 23.7 Å². The van der Waals surface area contributed by atoms with Crippen molar-refractivity contribution in [1.29, 1.82) is 0 Å². The zero-order valence-electron chi connectivity index (χ0n) is 15.5. The van der Waals surface area contributed by atoms with Crippen molar-refractivity contribution >= 4 is 35.0 Å². The van der Waals surface area contributed by atoms with E-state index in [1.54, 1.807) is 4.90 Å². The standard InChI is InChI=1S/C21H22ClN3O3/c22-15-2-1-3-16(11-15)23-6-8-24(9-7-23)17(26)12-25-20(27)18-13-4-5-14(10-13)19(18)21(25)28/h1-5,11,13-14,18-19H,6-10,12H2/t13-,14+,18?,19?. The molecule has 1 aromatic carbocycles. The molecule has 28 heavy (non-hydrogen) atoms. The number of fused-ring (bicyclic) bond motifs is 5. The second-order valence-corrected chi connectivity index (χ2v) is 8.55. The number of hydrogen-bond acceptors (Lipinski definition) is 4. The minimum absolute atomic E-state index is 0.124. The molecular weight excluding hydrogens is 378 g/mol. The highest BCUT2D eigenvalue weighted by molar-refractivity contribution is 6.30. The number of likely N-dealkylation sites (tertiary alicyclic amines) is 1. The number of amides is 3. The summed E-state index contributed by atoms with van der Waals surface area (Å²) in [5, 5.41) is 0.691. The van der Waals surface area contributed by atoms with Crippen LogP contribution in [0.4, 0.5) is 5.69 Å². The molecule has 4 aliphatic rings. The maximum absolute atomic E-state index is 12.8. The molecule has 2 heterocycles. The number of benzene rings is 1. The van der Waals surface area contributed by atoms with E-state index in [1.165, 1.54) is 4.90 Å². The molecule has 0 aromatic heterocycles. The summed E-state index contributed by atoms with van der Waals surface area (Å²) in [7, 11) is 0. The van der Waals surface area contributed by atoms with Crippen molar-refractivity contribution in [2.45, 2.75) is 6.42 Å². The second-order valence-electron chi connectivity index (χ2n) is 8.11. The third-order valence-corrected chi connectivity index (χ3v) is 6.90. The molecule has 1 saturated carbocycles. The van der Waals surface area contributed by atoms with Gasteiger partial charge in [-0.2, -0.15) is 0 Å². The van der Waals surface area contributed by atoms with Gasteiger partial charge in [-0.05, 0) is 36.5 Å². The Kier molecular flexibility index (Phi) is 4.19. The number of nitrogens with zero attached hydrogens (tertiary/aromatic N) is 3. The molecule has 3 fully saturated rings. The first kappa shape index (κ1) is 17.7. The Hall–Kier alpha value is -2.34. The van der Waals surface area contributed by atoms with Gasteiger partial charge in [0.1, 0.15) is 6.54 Å². The van der Waals surface area contributed by atoms with Crippen LogP contribution in [0.15, 0.2) is 36.4 Å². The van der Waals surface area contributed by atoms with Crippen LogP contribution < -0.4 is 4.90 Å². The number of carbonyl (C=O) groups is 3. The number of rotatable bonds is 3. The number of hydrogen-bond donors (Lipinski definition) is 0. The predicted octanol–water partition coefficient (Wildman–Crippen LogP) is 1.80. The maximum atomic E-state index is 12.8. The van der Waals surface area contributed by atoms with Gasteiger partial charge in [-0.25, -0.2) is 0 Å². The third kappa shape index (κ3) is 2.73. The molecule has 5 rings (SSSR count). The van der Waals surface area contributed by atoms with E-state index in [-0.39, 0.29) is 47.9 Å². The number of carbonyl (C=O) groups excluding carboxylic acids is 3. The van der Waals surface area contributed by atoms with Gasteiger partial charge < -0.3 is 9.80 Å². The fraction of sp³-hybridized carbons (Fsp3) is 0.476. The number of anilines is 1. The lowest BCUT2D eigenvalue weighted by Gasteiger charge is -2.36. The largest absolute Gasteiger partial charge is 0.368 e. The highest BCUT2D eigenvalue weighted by Crippen LogP contribution is 2.52. The lowest BCUT2D eigenvalue weighted by atomic mass is 9.85. The van der Waals surface area contributed by atoms with Crippen molar-refractivity contribution in [1.82, 2.24) is 9.80 Å². The average molecular weight is 400 g/mol. The van der Waals surface area contributed by atoms with Gasteiger partial charge in [0.2, 0.25) is 17.7 Å². The molecule has 3 amide bonds. The van der Waals surface area contributed by atoms with E-state index in [9.17, 15) is 14.4 Å². The molecule has 4 atom stereocenters. The zero-order valence-corrected chi connectivity index (χ0v) is 16.2. The summed E-state index contributed by atoms with van der Waals surface area (Å²) in [5.41, 5.74) is 1.04. The Bertz CT molecular complexity index is 847. The fourth-order valence-corrected chi connectivity index (χ4v) is 5.43. The minimum Gasteiger partial charge on any atom is -0.368 e. The van der Waals surface area contributed by atoms with E-state index >= 15 is 0 Å². The summed E-state index contributed by atoms with van der Waals surface area (Å²) in [6.07, 6.45) is 5.04. The molecule has 0 spiro atoms. The molecule has 7 heteroatoms. The zero-order chi connectivity index (χ0) is 19.4. The van der Waals surface area contributed by atoms with Crippen LogP contribution in [0, 0.1) is 23.7 Å². The van der Waals surface area contributed by atoms with Crippen molar-refractivity contribution < 1.29 is 14.4 Å². The first-order chi connectivity index (χ1) is 13.5. The minimum atomic E-state index is -0.241. The Labute approximate surface area is 168 Å². The Morgan fingerprint density at radius 3 is 2.25 bits per heavy atom. The molecule has 2 saturated heterocycles. The van der Waals surface area contributed by atoms with Crippen molar-refractivity contribution in [3.63, 3.8) is 0 Å². The normalized spacial score (nSPS) is 31.1. The molecule has 2 bridgehead atoms. The van der Waals surface area contributed by atoms with Gasteiger partial charge in [-0.15, -0.1) is 0 Å². The number of imide groups is 1. The lowest BCUT2D eigenvalue weighted by molar-refractivity contribution is -0.147. The molecule has 2 unspecified atom stereocenters. The highest BCUT2D eigenvalue weighted by atomic mass is 35.5. The molecule has 2 aliphatic carbocycles. The smallest absolute Gasteiger partial charge is 0.242 e. The second kappa shape index (κ2) is 6.62. The van der Waals surface area contributed by atoms with Crippen LogP contribution >= 0.6 is 11.6 Å². The molecule has 1 aromatic rings. The molecule has 0 N–H and O–H groups in total. The highest BCUT2D eigenvalue weighted by Gasteiger charge is 2.59. The van der Waals surface area contributed by atoms with Gasteiger partial charge in [0.25, 0.3) is 0 Å². The Morgan fingerprint density at radius 1 is 1.00 bits per heavy atom. The number of piperazine rings is 1. The molecule has 0 radical (unpaired) electrons. The van der Waals surface area contributed by atoms with Crippen LogP contribution in [0.2, 0.25) is 5.02 Å². The van der Waals surface area contributed by atoms with E-state index in [0.717, 1.165) is 12.1 Å². The molecule has 6 nitrogen and oxygen atoms in total. The monoisotopic (exact) mass is 399 g/mol. The lowest BCUT2D eigenvalue weighted by Crippen LogP contribution is -2.52. The van der Waals surface area contributed by atoms with Crippen LogP contribution in [0.3, 0.4) is 0 Å². The van der Waals surface area contributed by atoms with Crippen LogP contribution in [-0.4, -0.2) is 60.2 Å². The average Bonchev–Trinajstić information content (AvgIpc) is 3.38. The SMILES string of the molecule is O=C(CN1C(=O)C2C(C1=O)[C@H]1C=C[C@@H]2C1)N1CCN(c2cccc(Cl)c2)CC1. The molecule has 2 aliphatic heterocycles.